The molecule has 1 aromatic carbocycles. The largest absolute Gasteiger partial charge is 0.378 e. The van der Waals surface area contributed by atoms with E-state index in [4.69, 9.17) is 0 Å². The summed E-state index contributed by atoms with van der Waals surface area (Å²) in [5, 5.41) is 9.95. The van der Waals surface area contributed by atoms with Crippen LogP contribution in [-0.2, 0) is 4.79 Å². The number of aliphatic hydroxyl groups is 1. The standard InChI is InChI=1S/C13H17NO2/c15-12(11-7-3-1-4-8-11)13(16)14-9-5-2-6-10-14/h1,3-4,7-8,12,15H,2,5-6,9-10H2. The average Bonchev–Trinajstić information content (AvgIpc) is 2.39. The van der Waals surface area contributed by atoms with Gasteiger partial charge in [0.15, 0.2) is 6.10 Å². The van der Waals surface area contributed by atoms with Gasteiger partial charge in [0, 0.05) is 13.1 Å². The maximum Gasteiger partial charge on any atom is 0.256 e. The Kier molecular flexibility index (Phi) is 3.57. The molecular weight excluding hydrogens is 202 g/mol. The summed E-state index contributed by atoms with van der Waals surface area (Å²) in [6, 6.07) is 9.12. The van der Waals surface area contributed by atoms with E-state index in [-0.39, 0.29) is 5.91 Å². The summed E-state index contributed by atoms with van der Waals surface area (Å²) >= 11 is 0. The van der Waals surface area contributed by atoms with E-state index in [0.717, 1.165) is 25.9 Å². The highest BCUT2D eigenvalue weighted by atomic mass is 16.3. The van der Waals surface area contributed by atoms with Crippen molar-refractivity contribution in [1.29, 1.82) is 0 Å². The van der Waals surface area contributed by atoms with Gasteiger partial charge >= 0.3 is 0 Å². The van der Waals surface area contributed by atoms with Crippen molar-refractivity contribution in [2.45, 2.75) is 25.4 Å². The Balaban J connectivity index is 2.04. The van der Waals surface area contributed by atoms with Gasteiger partial charge in [-0.3, -0.25) is 4.79 Å². The zero-order valence-electron chi connectivity index (χ0n) is 9.30. The lowest BCUT2D eigenvalue weighted by Gasteiger charge is -2.28. The number of likely N-dealkylation sites (tertiary alicyclic amines) is 1. The smallest absolute Gasteiger partial charge is 0.256 e. The number of hydrogen-bond donors (Lipinski definition) is 1. The lowest BCUT2D eigenvalue weighted by Crippen LogP contribution is -2.38. The highest BCUT2D eigenvalue weighted by Crippen LogP contribution is 2.18. The molecule has 3 nitrogen and oxygen atoms in total. The molecule has 1 aliphatic rings. The van der Waals surface area contributed by atoms with Gasteiger partial charge in [-0.05, 0) is 24.8 Å². The Morgan fingerprint density at radius 2 is 1.75 bits per heavy atom. The molecule has 1 fully saturated rings. The van der Waals surface area contributed by atoms with E-state index in [2.05, 4.69) is 0 Å². The van der Waals surface area contributed by atoms with Gasteiger partial charge in [0.2, 0.25) is 0 Å². The summed E-state index contributed by atoms with van der Waals surface area (Å²) < 4.78 is 0. The van der Waals surface area contributed by atoms with E-state index >= 15 is 0 Å². The molecule has 1 N–H and O–H groups in total. The maximum atomic E-state index is 12.0. The van der Waals surface area contributed by atoms with Crippen LogP contribution >= 0.6 is 0 Å². The third kappa shape index (κ3) is 2.42. The van der Waals surface area contributed by atoms with Crippen LogP contribution in [0, 0.1) is 0 Å². The second kappa shape index (κ2) is 5.12. The van der Waals surface area contributed by atoms with Crippen LogP contribution < -0.4 is 0 Å². The minimum absolute atomic E-state index is 0.161. The topological polar surface area (TPSA) is 40.5 Å². The molecule has 3 heteroatoms. The van der Waals surface area contributed by atoms with Crippen LogP contribution in [0.25, 0.3) is 0 Å². The SMILES string of the molecule is O=C(C(O)c1ccccc1)N1CCCCC1. The average molecular weight is 219 g/mol. The van der Waals surface area contributed by atoms with Gasteiger partial charge < -0.3 is 10.0 Å². The maximum absolute atomic E-state index is 12.0. The number of nitrogens with zero attached hydrogens (tertiary/aromatic N) is 1. The molecule has 1 aliphatic heterocycles. The first-order chi connectivity index (χ1) is 7.79. The lowest BCUT2D eigenvalue weighted by atomic mass is 10.1. The van der Waals surface area contributed by atoms with E-state index in [1.807, 2.05) is 18.2 Å². The van der Waals surface area contributed by atoms with Crippen molar-refractivity contribution in [2.75, 3.05) is 13.1 Å². The molecule has 16 heavy (non-hydrogen) atoms. The summed E-state index contributed by atoms with van der Waals surface area (Å²) in [7, 11) is 0. The van der Waals surface area contributed by atoms with Crippen LogP contribution in [0.2, 0.25) is 0 Å². The number of aliphatic hydroxyl groups excluding tert-OH is 1. The number of carbonyl (C=O) groups is 1. The van der Waals surface area contributed by atoms with Gasteiger partial charge in [0.1, 0.15) is 0 Å². The predicted molar refractivity (Wildman–Crippen MR) is 61.8 cm³/mol. The minimum atomic E-state index is -1.00. The summed E-state index contributed by atoms with van der Waals surface area (Å²) in [5.41, 5.74) is 0.679. The van der Waals surface area contributed by atoms with Crippen molar-refractivity contribution in [3.63, 3.8) is 0 Å². The second-order valence-corrected chi connectivity index (χ2v) is 4.20. The van der Waals surface area contributed by atoms with Crippen molar-refractivity contribution in [2.24, 2.45) is 0 Å². The van der Waals surface area contributed by atoms with Gasteiger partial charge in [-0.15, -0.1) is 0 Å². The Labute approximate surface area is 95.7 Å². The molecule has 86 valence electrons. The Bertz CT molecular complexity index is 344. The zero-order valence-corrected chi connectivity index (χ0v) is 9.30. The molecule has 1 heterocycles. The van der Waals surface area contributed by atoms with Crippen LogP contribution in [-0.4, -0.2) is 29.0 Å². The van der Waals surface area contributed by atoms with Crippen molar-refractivity contribution >= 4 is 5.91 Å². The van der Waals surface area contributed by atoms with Gasteiger partial charge in [-0.1, -0.05) is 30.3 Å². The fourth-order valence-corrected chi connectivity index (χ4v) is 2.07. The van der Waals surface area contributed by atoms with Crippen LogP contribution in [0.5, 0.6) is 0 Å². The molecule has 1 saturated heterocycles. The molecular formula is C13H17NO2. The van der Waals surface area contributed by atoms with Crippen molar-refractivity contribution in [1.82, 2.24) is 4.90 Å². The number of rotatable bonds is 2. The summed E-state index contributed by atoms with van der Waals surface area (Å²) in [4.78, 5) is 13.7. The zero-order chi connectivity index (χ0) is 11.4. The fraction of sp³-hybridized carbons (Fsp3) is 0.462. The van der Waals surface area contributed by atoms with E-state index < -0.39 is 6.10 Å². The van der Waals surface area contributed by atoms with Crippen molar-refractivity contribution in [3.05, 3.63) is 35.9 Å². The van der Waals surface area contributed by atoms with Gasteiger partial charge in [-0.2, -0.15) is 0 Å². The highest BCUT2D eigenvalue weighted by molar-refractivity contribution is 5.82. The summed E-state index contributed by atoms with van der Waals surface area (Å²) in [6.07, 6.45) is 2.28. The van der Waals surface area contributed by atoms with Crippen LogP contribution in [0.15, 0.2) is 30.3 Å². The monoisotopic (exact) mass is 219 g/mol. The third-order valence-corrected chi connectivity index (χ3v) is 3.02. The molecule has 0 aliphatic carbocycles. The number of piperidine rings is 1. The van der Waals surface area contributed by atoms with Gasteiger partial charge in [-0.25, -0.2) is 0 Å². The second-order valence-electron chi connectivity index (χ2n) is 4.20. The third-order valence-electron chi connectivity index (χ3n) is 3.02. The molecule has 0 spiro atoms. The molecule has 1 amide bonds. The van der Waals surface area contributed by atoms with Crippen LogP contribution in [0.1, 0.15) is 30.9 Å². The van der Waals surface area contributed by atoms with E-state index in [1.54, 1.807) is 17.0 Å². The normalized spacial score (nSPS) is 18.2. The number of hydrogen-bond acceptors (Lipinski definition) is 2. The first-order valence-corrected chi connectivity index (χ1v) is 5.81. The molecule has 1 aromatic rings. The Morgan fingerprint density at radius 3 is 2.38 bits per heavy atom. The lowest BCUT2D eigenvalue weighted by molar-refractivity contribution is -0.141. The number of benzene rings is 1. The van der Waals surface area contributed by atoms with Crippen molar-refractivity contribution in [3.8, 4) is 0 Å². The van der Waals surface area contributed by atoms with Crippen molar-refractivity contribution < 1.29 is 9.90 Å². The van der Waals surface area contributed by atoms with Gasteiger partial charge in [0.25, 0.3) is 5.91 Å². The Morgan fingerprint density at radius 1 is 1.12 bits per heavy atom. The fourth-order valence-electron chi connectivity index (χ4n) is 2.07. The first kappa shape index (κ1) is 11.1. The molecule has 0 radical (unpaired) electrons. The quantitative estimate of drug-likeness (QED) is 0.823. The Hall–Kier alpha value is -1.35. The van der Waals surface area contributed by atoms with E-state index in [9.17, 15) is 9.90 Å². The molecule has 0 bridgehead atoms. The summed E-state index contributed by atoms with van der Waals surface area (Å²) in [6.45, 7) is 1.56. The number of amides is 1. The van der Waals surface area contributed by atoms with Crippen LogP contribution in [0.3, 0.4) is 0 Å². The highest BCUT2D eigenvalue weighted by Gasteiger charge is 2.24. The van der Waals surface area contributed by atoms with E-state index in [0.29, 0.717) is 5.56 Å². The van der Waals surface area contributed by atoms with Gasteiger partial charge in [0.05, 0.1) is 0 Å². The summed E-state index contributed by atoms with van der Waals surface area (Å²) in [5.74, 6) is -0.161. The minimum Gasteiger partial charge on any atom is -0.378 e. The van der Waals surface area contributed by atoms with E-state index in [1.165, 1.54) is 6.42 Å². The predicted octanol–water partition coefficient (Wildman–Crippen LogP) is 1.73. The van der Waals surface area contributed by atoms with Crippen LogP contribution in [0.4, 0.5) is 0 Å². The molecule has 1 unspecified atom stereocenters. The molecule has 1 atom stereocenters. The first-order valence-electron chi connectivity index (χ1n) is 5.81. The number of carbonyl (C=O) groups excluding carboxylic acids is 1. The molecule has 0 aromatic heterocycles. The molecule has 0 saturated carbocycles. The molecule has 2 rings (SSSR count).